The summed E-state index contributed by atoms with van der Waals surface area (Å²) in [6, 6.07) is 0.526. The van der Waals surface area contributed by atoms with Gasteiger partial charge in [0, 0.05) is 25.7 Å². The molecular weight excluding hydrogens is 276 g/mol. The normalized spacial score (nSPS) is 25.8. The van der Waals surface area contributed by atoms with Crippen molar-refractivity contribution in [2.75, 3.05) is 24.5 Å². The lowest BCUT2D eigenvalue weighted by Gasteiger charge is -2.24. The molecule has 6 heteroatoms. The standard InChI is InChI=1S/C14H21ClN4O/c1-2-6-19-14(20)13(15)12(7-17-19)18-8-10-4-3-5-16-11(10)9-18/h7,10-11,16H,2-6,8-9H2,1H3/t10-,11+/m0/s1. The fourth-order valence-corrected chi connectivity index (χ4v) is 3.56. The third-order valence-corrected chi connectivity index (χ3v) is 4.70. The first kappa shape index (κ1) is 13.9. The van der Waals surface area contributed by atoms with Gasteiger partial charge < -0.3 is 10.2 Å². The van der Waals surface area contributed by atoms with Gasteiger partial charge in [-0.2, -0.15) is 5.10 Å². The second kappa shape index (κ2) is 5.74. The summed E-state index contributed by atoms with van der Waals surface area (Å²) in [5.41, 5.74) is 0.620. The van der Waals surface area contributed by atoms with Crippen LogP contribution in [0.15, 0.2) is 11.0 Å². The lowest BCUT2D eigenvalue weighted by Crippen LogP contribution is -2.40. The number of halogens is 1. The van der Waals surface area contributed by atoms with E-state index in [1.807, 2.05) is 6.92 Å². The molecule has 2 saturated heterocycles. The Bertz CT molecular complexity index is 530. The van der Waals surface area contributed by atoms with Gasteiger partial charge >= 0.3 is 0 Å². The van der Waals surface area contributed by atoms with Gasteiger partial charge in [0.15, 0.2) is 0 Å². The zero-order valence-electron chi connectivity index (χ0n) is 11.8. The highest BCUT2D eigenvalue weighted by molar-refractivity contribution is 6.33. The molecule has 2 fully saturated rings. The Morgan fingerprint density at radius 3 is 3.10 bits per heavy atom. The maximum Gasteiger partial charge on any atom is 0.287 e. The van der Waals surface area contributed by atoms with Crippen molar-refractivity contribution in [2.45, 2.75) is 38.8 Å². The molecule has 2 aliphatic rings. The lowest BCUT2D eigenvalue weighted by atomic mass is 9.94. The van der Waals surface area contributed by atoms with E-state index in [0.29, 0.717) is 23.5 Å². The van der Waals surface area contributed by atoms with Crippen LogP contribution in [0.5, 0.6) is 0 Å². The van der Waals surface area contributed by atoms with E-state index in [9.17, 15) is 4.79 Å². The first-order valence-electron chi connectivity index (χ1n) is 7.44. The van der Waals surface area contributed by atoms with Crippen molar-refractivity contribution in [3.63, 3.8) is 0 Å². The average Bonchev–Trinajstić information content (AvgIpc) is 2.88. The predicted octanol–water partition coefficient (Wildman–Crippen LogP) is 1.49. The van der Waals surface area contributed by atoms with E-state index in [-0.39, 0.29) is 5.56 Å². The van der Waals surface area contributed by atoms with Crippen LogP contribution in [0, 0.1) is 5.92 Å². The molecule has 0 bridgehead atoms. The minimum absolute atomic E-state index is 0.172. The van der Waals surface area contributed by atoms with Crippen LogP contribution in [-0.2, 0) is 6.54 Å². The first-order valence-corrected chi connectivity index (χ1v) is 7.82. The highest BCUT2D eigenvalue weighted by Crippen LogP contribution is 2.31. The predicted molar refractivity (Wildman–Crippen MR) is 80.5 cm³/mol. The van der Waals surface area contributed by atoms with Gasteiger partial charge in [0.2, 0.25) is 0 Å². The van der Waals surface area contributed by atoms with Gasteiger partial charge in [-0.25, -0.2) is 4.68 Å². The third-order valence-electron chi connectivity index (χ3n) is 4.34. The van der Waals surface area contributed by atoms with Crippen LogP contribution in [0.2, 0.25) is 5.02 Å². The zero-order chi connectivity index (χ0) is 14.1. The molecule has 0 unspecified atom stereocenters. The molecule has 2 atom stereocenters. The van der Waals surface area contributed by atoms with Gasteiger partial charge in [0.1, 0.15) is 5.02 Å². The van der Waals surface area contributed by atoms with Crippen molar-refractivity contribution in [2.24, 2.45) is 5.92 Å². The zero-order valence-corrected chi connectivity index (χ0v) is 12.6. The van der Waals surface area contributed by atoms with Crippen LogP contribution in [0.25, 0.3) is 0 Å². The van der Waals surface area contributed by atoms with Gasteiger partial charge in [-0.3, -0.25) is 4.79 Å². The number of anilines is 1. The van der Waals surface area contributed by atoms with E-state index < -0.39 is 0 Å². The SMILES string of the molecule is CCCn1ncc(N2C[C@@H]3CCCN[C@@H]3C2)c(Cl)c1=O. The van der Waals surface area contributed by atoms with E-state index in [1.165, 1.54) is 17.5 Å². The molecule has 1 N–H and O–H groups in total. The molecule has 0 radical (unpaired) electrons. The summed E-state index contributed by atoms with van der Waals surface area (Å²) in [6.45, 7) is 5.62. The van der Waals surface area contributed by atoms with Crippen LogP contribution in [-0.4, -0.2) is 35.5 Å². The Labute approximate surface area is 123 Å². The summed E-state index contributed by atoms with van der Waals surface area (Å²) in [4.78, 5) is 14.4. The van der Waals surface area contributed by atoms with Gasteiger partial charge in [-0.05, 0) is 31.7 Å². The molecule has 0 saturated carbocycles. The first-order chi connectivity index (χ1) is 9.70. The molecule has 2 aliphatic heterocycles. The minimum Gasteiger partial charge on any atom is -0.367 e. The van der Waals surface area contributed by atoms with E-state index in [2.05, 4.69) is 15.3 Å². The maximum absolute atomic E-state index is 12.2. The Balaban J connectivity index is 1.84. The molecule has 1 aromatic heterocycles. The smallest absolute Gasteiger partial charge is 0.287 e. The molecule has 3 heterocycles. The van der Waals surface area contributed by atoms with Gasteiger partial charge in [0.25, 0.3) is 5.56 Å². The molecule has 0 aromatic carbocycles. The fraction of sp³-hybridized carbons (Fsp3) is 0.714. The monoisotopic (exact) mass is 296 g/mol. The number of nitrogens with one attached hydrogen (secondary N) is 1. The Hall–Kier alpha value is -1.07. The molecule has 0 spiro atoms. The van der Waals surface area contributed by atoms with Gasteiger partial charge in [0.05, 0.1) is 11.9 Å². The van der Waals surface area contributed by atoms with Crippen molar-refractivity contribution < 1.29 is 0 Å². The number of piperidine rings is 1. The second-order valence-electron chi connectivity index (χ2n) is 5.74. The number of rotatable bonds is 3. The molecule has 1 aromatic rings. The number of hydrogen-bond donors (Lipinski definition) is 1. The number of aryl methyl sites for hydroxylation is 1. The van der Waals surface area contributed by atoms with Crippen molar-refractivity contribution >= 4 is 17.3 Å². The number of nitrogens with zero attached hydrogens (tertiary/aromatic N) is 3. The highest BCUT2D eigenvalue weighted by atomic mass is 35.5. The summed E-state index contributed by atoms with van der Waals surface area (Å²) in [7, 11) is 0. The van der Waals surface area contributed by atoms with Gasteiger partial charge in [-0.15, -0.1) is 0 Å². The van der Waals surface area contributed by atoms with Crippen LogP contribution in [0.3, 0.4) is 0 Å². The third kappa shape index (κ3) is 2.44. The highest BCUT2D eigenvalue weighted by Gasteiger charge is 2.35. The quantitative estimate of drug-likeness (QED) is 0.918. The molecule has 3 rings (SSSR count). The van der Waals surface area contributed by atoms with Crippen molar-refractivity contribution in [3.8, 4) is 0 Å². The summed E-state index contributed by atoms with van der Waals surface area (Å²) in [5, 5.41) is 8.12. The maximum atomic E-state index is 12.2. The van der Waals surface area contributed by atoms with Crippen LogP contribution < -0.4 is 15.8 Å². The van der Waals surface area contributed by atoms with Gasteiger partial charge in [-0.1, -0.05) is 18.5 Å². The summed E-state index contributed by atoms with van der Waals surface area (Å²) in [5.74, 6) is 0.665. The molecule has 0 aliphatic carbocycles. The average molecular weight is 297 g/mol. The summed E-state index contributed by atoms with van der Waals surface area (Å²) in [6.07, 6.45) is 5.11. The van der Waals surface area contributed by atoms with Crippen LogP contribution in [0.4, 0.5) is 5.69 Å². The Morgan fingerprint density at radius 2 is 2.35 bits per heavy atom. The van der Waals surface area contributed by atoms with E-state index >= 15 is 0 Å². The Kier molecular flexibility index (Phi) is 3.98. The number of aromatic nitrogens is 2. The van der Waals surface area contributed by atoms with Crippen LogP contribution >= 0.6 is 11.6 Å². The second-order valence-corrected chi connectivity index (χ2v) is 6.12. The molecule has 110 valence electrons. The van der Waals surface area contributed by atoms with E-state index in [4.69, 9.17) is 11.6 Å². The van der Waals surface area contributed by atoms with E-state index in [1.54, 1.807) is 6.20 Å². The van der Waals surface area contributed by atoms with Crippen molar-refractivity contribution in [1.82, 2.24) is 15.1 Å². The van der Waals surface area contributed by atoms with E-state index in [0.717, 1.165) is 31.7 Å². The summed E-state index contributed by atoms with van der Waals surface area (Å²) < 4.78 is 1.45. The lowest BCUT2D eigenvalue weighted by molar-refractivity contribution is 0.340. The Morgan fingerprint density at radius 1 is 1.50 bits per heavy atom. The molecular formula is C14H21ClN4O. The molecule has 20 heavy (non-hydrogen) atoms. The number of fused-ring (bicyclic) bond motifs is 1. The number of hydrogen-bond acceptors (Lipinski definition) is 4. The molecule has 5 nitrogen and oxygen atoms in total. The minimum atomic E-state index is -0.172. The van der Waals surface area contributed by atoms with Crippen LogP contribution in [0.1, 0.15) is 26.2 Å². The fourth-order valence-electron chi connectivity index (χ4n) is 3.29. The largest absolute Gasteiger partial charge is 0.367 e. The van der Waals surface area contributed by atoms with Crippen molar-refractivity contribution in [1.29, 1.82) is 0 Å². The summed E-state index contributed by atoms with van der Waals surface area (Å²) >= 11 is 6.28. The molecule has 0 amide bonds. The van der Waals surface area contributed by atoms with Crippen molar-refractivity contribution in [3.05, 3.63) is 21.6 Å². The topological polar surface area (TPSA) is 50.2 Å².